The lowest BCUT2D eigenvalue weighted by Gasteiger charge is -2.06. The van der Waals surface area contributed by atoms with Crippen LogP contribution >= 0.6 is 0 Å². The molecule has 0 fully saturated rings. The average molecular weight is 162 g/mol. The highest BCUT2D eigenvalue weighted by atomic mass is 14.8. The number of nitrogen functional groups attached to an aromatic ring is 1. The van der Waals surface area contributed by atoms with Crippen molar-refractivity contribution >= 4 is 5.82 Å². The van der Waals surface area contributed by atoms with Crippen LogP contribution < -0.4 is 5.73 Å². The predicted molar refractivity (Wildman–Crippen MR) is 51.9 cm³/mol. The van der Waals surface area contributed by atoms with Crippen LogP contribution in [0.4, 0.5) is 5.82 Å². The van der Waals surface area contributed by atoms with Crippen molar-refractivity contribution in [2.75, 3.05) is 5.73 Å². The SMILES string of the molecule is C=CCc1ccnc(N)c1CC. The summed E-state index contributed by atoms with van der Waals surface area (Å²) in [6, 6.07) is 2.00. The summed E-state index contributed by atoms with van der Waals surface area (Å²) in [5.41, 5.74) is 8.10. The van der Waals surface area contributed by atoms with Crippen LogP contribution in [-0.2, 0) is 12.8 Å². The van der Waals surface area contributed by atoms with Crippen molar-refractivity contribution in [3.8, 4) is 0 Å². The lowest BCUT2D eigenvalue weighted by Crippen LogP contribution is -2.00. The first kappa shape index (κ1) is 8.78. The number of pyridine rings is 1. The average Bonchev–Trinajstić information content (AvgIpc) is 2.05. The first-order valence-corrected chi connectivity index (χ1v) is 4.12. The van der Waals surface area contributed by atoms with E-state index in [0.717, 1.165) is 18.4 Å². The van der Waals surface area contributed by atoms with E-state index < -0.39 is 0 Å². The minimum absolute atomic E-state index is 0.650. The van der Waals surface area contributed by atoms with Crippen LogP contribution in [0.25, 0.3) is 0 Å². The molecule has 0 aliphatic carbocycles. The molecular weight excluding hydrogens is 148 g/mol. The maximum absolute atomic E-state index is 5.72. The number of nitrogens with zero attached hydrogens (tertiary/aromatic N) is 1. The first-order chi connectivity index (χ1) is 5.79. The Balaban J connectivity index is 3.08. The number of rotatable bonds is 3. The van der Waals surface area contributed by atoms with Crippen molar-refractivity contribution in [3.63, 3.8) is 0 Å². The molecule has 0 saturated heterocycles. The normalized spacial score (nSPS) is 9.75. The van der Waals surface area contributed by atoms with Crippen molar-refractivity contribution in [1.29, 1.82) is 0 Å². The molecule has 0 atom stereocenters. The highest BCUT2D eigenvalue weighted by Crippen LogP contribution is 2.15. The van der Waals surface area contributed by atoms with E-state index in [2.05, 4.69) is 18.5 Å². The summed E-state index contributed by atoms with van der Waals surface area (Å²) in [5, 5.41) is 0. The molecule has 0 aliphatic rings. The van der Waals surface area contributed by atoms with E-state index in [0.29, 0.717) is 5.82 Å². The number of hydrogen-bond donors (Lipinski definition) is 1. The second-order valence-electron chi connectivity index (χ2n) is 2.68. The van der Waals surface area contributed by atoms with Gasteiger partial charge in [0, 0.05) is 6.20 Å². The van der Waals surface area contributed by atoms with E-state index in [1.165, 1.54) is 5.56 Å². The van der Waals surface area contributed by atoms with Crippen molar-refractivity contribution in [2.24, 2.45) is 0 Å². The fourth-order valence-corrected chi connectivity index (χ4v) is 1.31. The second-order valence-corrected chi connectivity index (χ2v) is 2.68. The zero-order valence-electron chi connectivity index (χ0n) is 7.38. The molecule has 0 saturated carbocycles. The topological polar surface area (TPSA) is 38.9 Å². The molecule has 0 spiro atoms. The lowest BCUT2D eigenvalue weighted by molar-refractivity contribution is 1.05. The molecule has 2 nitrogen and oxygen atoms in total. The summed E-state index contributed by atoms with van der Waals surface area (Å²) in [6.07, 6.45) is 5.43. The Kier molecular flexibility index (Phi) is 2.86. The fraction of sp³-hybridized carbons (Fsp3) is 0.300. The standard InChI is InChI=1S/C10H14N2/c1-3-5-8-6-7-12-10(11)9(8)4-2/h3,6-7H,1,4-5H2,2H3,(H2,11,12). The van der Waals surface area contributed by atoms with Gasteiger partial charge in [0.2, 0.25) is 0 Å². The molecule has 64 valence electrons. The summed E-state index contributed by atoms with van der Waals surface area (Å²) in [6.45, 7) is 5.78. The summed E-state index contributed by atoms with van der Waals surface area (Å²) in [7, 11) is 0. The molecular formula is C10H14N2. The number of nitrogens with two attached hydrogens (primary N) is 1. The molecule has 0 radical (unpaired) electrons. The fourth-order valence-electron chi connectivity index (χ4n) is 1.31. The van der Waals surface area contributed by atoms with Crippen LogP contribution in [0.1, 0.15) is 18.1 Å². The number of hydrogen-bond acceptors (Lipinski definition) is 2. The largest absolute Gasteiger partial charge is 0.383 e. The predicted octanol–water partition coefficient (Wildman–Crippen LogP) is 1.95. The smallest absolute Gasteiger partial charge is 0.126 e. The lowest BCUT2D eigenvalue weighted by atomic mass is 10.0. The maximum atomic E-state index is 5.72. The van der Waals surface area contributed by atoms with Crippen molar-refractivity contribution in [2.45, 2.75) is 19.8 Å². The Hall–Kier alpha value is -1.31. The van der Waals surface area contributed by atoms with Gasteiger partial charge in [0.15, 0.2) is 0 Å². The third-order valence-electron chi connectivity index (χ3n) is 1.90. The van der Waals surface area contributed by atoms with Crippen LogP contribution in [-0.4, -0.2) is 4.98 Å². The minimum Gasteiger partial charge on any atom is -0.383 e. The Morgan fingerprint density at radius 2 is 2.42 bits per heavy atom. The molecule has 1 aromatic rings. The van der Waals surface area contributed by atoms with Gasteiger partial charge in [0.05, 0.1) is 0 Å². The van der Waals surface area contributed by atoms with Gasteiger partial charge in [-0.25, -0.2) is 4.98 Å². The van der Waals surface area contributed by atoms with Crippen LogP contribution in [0.5, 0.6) is 0 Å². The van der Waals surface area contributed by atoms with E-state index in [-0.39, 0.29) is 0 Å². The molecule has 0 amide bonds. The van der Waals surface area contributed by atoms with Gasteiger partial charge in [-0.3, -0.25) is 0 Å². The zero-order valence-corrected chi connectivity index (χ0v) is 7.38. The van der Waals surface area contributed by atoms with Gasteiger partial charge >= 0.3 is 0 Å². The molecule has 0 aromatic carbocycles. The Labute approximate surface area is 73.1 Å². The number of anilines is 1. The van der Waals surface area contributed by atoms with E-state index in [1.807, 2.05) is 12.1 Å². The van der Waals surface area contributed by atoms with Gasteiger partial charge in [0.1, 0.15) is 5.82 Å². The van der Waals surface area contributed by atoms with E-state index >= 15 is 0 Å². The van der Waals surface area contributed by atoms with E-state index in [4.69, 9.17) is 5.73 Å². The summed E-state index contributed by atoms with van der Waals surface area (Å²) in [5.74, 6) is 0.650. The molecule has 12 heavy (non-hydrogen) atoms. The van der Waals surface area contributed by atoms with Crippen molar-refractivity contribution in [3.05, 3.63) is 36.0 Å². The van der Waals surface area contributed by atoms with Crippen molar-refractivity contribution < 1.29 is 0 Å². The number of aromatic nitrogens is 1. The van der Waals surface area contributed by atoms with Crippen LogP contribution in [0.2, 0.25) is 0 Å². The molecule has 1 aromatic heterocycles. The molecule has 1 rings (SSSR count). The van der Waals surface area contributed by atoms with Crippen LogP contribution in [0.15, 0.2) is 24.9 Å². The summed E-state index contributed by atoms with van der Waals surface area (Å²) >= 11 is 0. The van der Waals surface area contributed by atoms with Crippen LogP contribution in [0.3, 0.4) is 0 Å². The van der Waals surface area contributed by atoms with Crippen LogP contribution in [0, 0.1) is 0 Å². The monoisotopic (exact) mass is 162 g/mol. The molecule has 2 heteroatoms. The minimum atomic E-state index is 0.650. The second kappa shape index (κ2) is 3.90. The quantitative estimate of drug-likeness (QED) is 0.690. The molecule has 0 aliphatic heterocycles. The van der Waals surface area contributed by atoms with Crippen molar-refractivity contribution in [1.82, 2.24) is 4.98 Å². The highest BCUT2D eigenvalue weighted by molar-refractivity contribution is 5.44. The summed E-state index contributed by atoms with van der Waals surface area (Å²) < 4.78 is 0. The Bertz CT molecular complexity index is 279. The molecule has 0 bridgehead atoms. The molecule has 2 N–H and O–H groups in total. The van der Waals surface area contributed by atoms with Gasteiger partial charge in [-0.1, -0.05) is 13.0 Å². The zero-order chi connectivity index (χ0) is 8.97. The molecule has 0 unspecified atom stereocenters. The third-order valence-corrected chi connectivity index (χ3v) is 1.90. The van der Waals surface area contributed by atoms with Gasteiger partial charge in [-0.2, -0.15) is 0 Å². The first-order valence-electron chi connectivity index (χ1n) is 4.12. The Morgan fingerprint density at radius 3 is 3.00 bits per heavy atom. The van der Waals surface area contributed by atoms with Gasteiger partial charge in [0.25, 0.3) is 0 Å². The van der Waals surface area contributed by atoms with Gasteiger partial charge < -0.3 is 5.73 Å². The Morgan fingerprint density at radius 1 is 1.67 bits per heavy atom. The maximum Gasteiger partial charge on any atom is 0.126 e. The third kappa shape index (κ3) is 1.64. The number of allylic oxidation sites excluding steroid dienone is 1. The molecule has 1 heterocycles. The summed E-state index contributed by atoms with van der Waals surface area (Å²) in [4.78, 5) is 4.04. The van der Waals surface area contributed by atoms with E-state index in [1.54, 1.807) is 6.20 Å². The van der Waals surface area contributed by atoms with Gasteiger partial charge in [-0.05, 0) is 30.0 Å². The van der Waals surface area contributed by atoms with E-state index in [9.17, 15) is 0 Å². The van der Waals surface area contributed by atoms with Gasteiger partial charge in [-0.15, -0.1) is 6.58 Å². The highest BCUT2D eigenvalue weighted by Gasteiger charge is 2.02.